The number of aliphatic hydroxyl groups is 3. The molecule has 0 saturated heterocycles. The van der Waals surface area contributed by atoms with E-state index in [9.17, 15) is 29.0 Å². The van der Waals surface area contributed by atoms with E-state index in [4.69, 9.17) is 29.4 Å². The Bertz CT molecular complexity index is 536. The summed E-state index contributed by atoms with van der Waals surface area (Å²) < 4.78 is 45.0. The van der Waals surface area contributed by atoms with Gasteiger partial charge in [-0.05, 0) is 0 Å². The molecule has 9 N–H and O–H groups in total. The Hall–Kier alpha value is 0.210. The molecule has 0 aromatic carbocycles. The Morgan fingerprint density at radius 1 is 0.500 bits per heavy atom. The number of phosphoric ester groups is 3. The molecule has 0 spiro atoms. The van der Waals surface area contributed by atoms with Gasteiger partial charge in [0.2, 0.25) is 0 Å². The summed E-state index contributed by atoms with van der Waals surface area (Å²) in [5.74, 6) is 0. The Morgan fingerprint density at radius 2 is 0.750 bits per heavy atom. The summed E-state index contributed by atoms with van der Waals surface area (Å²) in [5, 5.41) is 29.0. The summed E-state index contributed by atoms with van der Waals surface area (Å²) in [6.45, 7) is 0. The molecule has 0 aromatic rings. The second-order valence-electron chi connectivity index (χ2n) is 4.65. The zero-order valence-electron chi connectivity index (χ0n) is 11.3. The van der Waals surface area contributed by atoms with Crippen LogP contribution in [0, 0.1) is 0 Å². The van der Waals surface area contributed by atoms with Crippen LogP contribution < -0.4 is 0 Å². The number of rotatable bonds is 6. The van der Waals surface area contributed by atoms with E-state index in [1.807, 2.05) is 0 Å². The van der Waals surface area contributed by atoms with Crippen LogP contribution in [-0.4, -0.2) is 81.3 Å². The number of phosphoric acid groups is 3. The lowest BCUT2D eigenvalue weighted by Crippen LogP contribution is -2.65. The second-order valence-corrected chi connectivity index (χ2v) is 8.23. The normalized spacial score (nSPS) is 35.9. The fourth-order valence-corrected chi connectivity index (χ4v) is 3.69. The lowest BCUT2D eigenvalue weighted by Gasteiger charge is -2.44. The van der Waals surface area contributed by atoms with Gasteiger partial charge in [-0.1, -0.05) is 0 Å². The number of aliphatic hydroxyl groups excluding tert-OH is 3. The third kappa shape index (κ3) is 6.50. The molecule has 24 heavy (non-hydrogen) atoms. The number of hydrogen-bond acceptors (Lipinski definition) is 9. The molecular weight excluding hydrogens is 405 g/mol. The van der Waals surface area contributed by atoms with E-state index < -0.39 is 60.1 Å². The van der Waals surface area contributed by atoms with Crippen LogP contribution in [0.1, 0.15) is 0 Å². The standard InChI is InChI=1S/C6H15O15P3/c7-1-2(8)4(19-22(10,11)12)6(21-24(16,17)18)5(3(1)9)20-23(13,14)15/h1-9H,(H2,10,11,12)(H2,13,14,15)(H2,16,17,18)/t1?,2-,3-,4?,5?,6?/m0/s1. The SMILES string of the molecule is O=P(O)(O)OC1C(OP(=O)(O)O)[C@@H](O)C(O)[C@H](O)C1OP(=O)(O)O. The van der Waals surface area contributed by atoms with Crippen molar-refractivity contribution in [2.75, 3.05) is 0 Å². The first-order chi connectivity index (χ1) is 10.5. The monoisotopic (exact) mass is 420 g/mol. The third-order valence-corrected chi connectivity index (χ3v) is 4.35. The smallest absolute Gasteiger partial charge is 0.387 e. The van der Waals surface area contributed by atoms with Crippen LogP contribution in [0.3, 0.4) is 0 Å². The molecule has 15 nitrogen and oxygen atoms in total. The molecule has 0 amide bonds. The topological polar surface area (TPSA) is 261 Å². The molecule has 4 atom stereocenters. The highest BCUT2D eigenvalue weighted by molar-refractivity contribution is 7.47. The van der Waals surface area contributed by atoms with Crippen molar-refractivity contribution in [3.05, 3.63) is 0 Å². The summed E-state index contributed by atoms with van der Waals surface area (Å²) in [4.78, 5) is 52.7. The minimum Gasteiger partial charge on any atom is -0.387 e. The molecule has 1 rings (SSSR count). The Kier molecular flexibility index (Phi) is 6.90. The predicted octanol–water partition coefficient (Wildman–Crippen LogP) is -3.48. The molecule has 1 aliphatic rings. The van der Waals surface area contributed by atoms with Gasteiger partial charge in [0.25, 0.3) is 0 Å². The van der Waals surface area contributed by atoms with E-state index in [2.05, 4.69) is 13.6 Å². The maximum atomic E-state index is 11.0. The van der Waals surface area contributed by atoms with E-state index in [1.165, 1.54) is 0 Å². The lowest BCUT2D eigenvalue weighted by atomic mass is 9.85. The predicted molar refractivity (Wildman–Crippen MR) is 68.8 cm³/mol. The van der Waals surface area contributed by atoms with Gasteiger partial charge >= 0.3 is 23.5 Å². The van der Waals surface area contributed by atoms with Gasteiger partial charge in [-0.15, -0.1) is 0 Å². The third-order valence-electron chi connectivity index (χ3n) is 2.80. The van der Waals surface area contributed by atoms with Gasteiger partial charge in [0.05, 0.1) is 0 Å². The van der Waals surface area contributed by atoms with Gasteiger partial charge in [0, 0.05) is 0 Å². The largest absolute Gasteiger partial charge is 0.470 e. The summed E-state index contributed by atoms with van der Waals surface area (Å²) in [6.07, 6.45) is -14.3. The minimum atomic E-state index is -5.48. The zero-order chi connectivity index (χ0) is 19.1. The Morgan fingerprint density at radius 3 is 1.00 bits per heavy atom. The lowest BCUT2D eigenvalue weighted by molar-refractivity contribution is -0.212. The fourth-order valence-electron chi connectivity index (χ4n) is 2.01. The first kappa shape index (κ1) is 22.3. The molecular formula is C6H15O15P3. The molecule has 0 radical (unpaired) electrons. The van der Waals surface area contributed by atoms with E-state index >= 15 is 0 Å². The van der Waals surface area contributed by atoms with Crippen LogP contribution in [0.4, 0.5) is 0 Å². The fraction of sp³-hybridized carbons (Fsp3) is 1.00. The maximum Gasteiger partial charge on any atom is 0.470 e. The minimum absolute atomic E-state index is 2.31. The summed E-state index contributed by atoms with van der Waals surface area (Å²) in [7, 11) is -16.3. The summed E-state index contributed by atoms with van der Waals surface area (Å²) in [6, 6.07) is 0. The van der Waals surface area contributed by atoms with Gasteiger partial charge in [-0.25, -0.2) is 13.7 Å². The summed E-state index contributed by atoms with van der Waals surface area (Å²) in [5.41, 5.74) is 0. The molecule has 1 fully saturated rings. The highest BCUT2D eigenvalue weighted by Gasteiger charge is 2.56. The average Bonchev–Trinajstić information content (AvgIpc) is 2.32. The molecule has 1 saturated carbocycles. The molecule has 0 aromatic heterocycles. The van der Waals surface area contributed by atoms with Crippen LogP contribution >= 0.6 is 23.5 Å². The van der Waals surface area contributed by atoms with E-state index in [1.54, 1.807) is 0 Å². The molecule has 18 heteroatoms. The van der Waals surface area contributed by atoms with Crippen LogP contribution in [0.25, 0.3) is 0 Å². The molecule has 0 aliphatic heterocycles. The van der Waals surface area contributed by atoms with Crippen molar-refractivity contribution >= 4 is 23.5 Å². The highest BCUT2D eigenvalue weighted by atomic mass is 31.2. The highest BCUT2D eigenvalue weighted by Crippen LogP contribution is 2.50. The first-order valence-electron chi connectivity index (χ1n) is 5.78. The van der Waals surface area contributed by atoms with Gasteiger partial charge in [-0.2, -0.15) is 0 Å². The van der Waals surface area contributed by atoms with E-state index in [-0.39, 0.29) is 0 Å². The maximum absolute atomic E-state index is 11.0. The van der Waals surface area contributed by atoms with E-state index in [0.29, 0.717) is 0 Å². The number of hydrogen-bond donors (Lipinski definition) is 9. The Balaban J connectivity index is 3.32. The molecule has 0 heterocycles. The van der Waals surface area contributed by atoms with Crippen molar-refractivity contribution in [3.8, 4) is 0 Å². The van der Waals surface area contributed by atoms with E-state index in [0.717, 1.165) is 0 Å². The molecule has 0 bridgehead atoms. The van der Waals surface area contributed by atoms with Gasteiger partial charge < -0.3 is 44.7 Å². The van der Waals surface area contributed by atoms with Crippen molar-refractivity contribution in [2.45, 2.75) is 36.6 Å². The first-order valence-corrected chi connectivity index (χ1v) is 10.4. The van der Waals surface area contributed by atoms with Gasteiger partial charge in [0.1, 0.15) is 36.6 Å². The average molecular weight is 420 g/mol. The molecule has 144 valence electrons. The van der Waals surface area contributed by atoms with Crippen molar-refractivity contribution in [1.82, 2.24) is 0 Å². The van der Waals surface area contributed by atoms with Gasteiger partial charge in [-0.3, -0.25) is 13.6 Å². The molecule has 1 aliphatic carbocycles. The second kappa shape index (κ2) is 7.45. The van der Waals surface area contributed by atoms with Crippen molar-refractivity contribution in [1.29, 1.82) is 0 Å². The van der Waals surface area contributed by atoms with Crippen LogP contribution in [0.2, 0.25) is 0 Å². The van der Waals surface area contributed by atoms with Crippen molar-refractivity contribution in [3.63, 3.8) is 0 Å². The summed E-state index contributed by atoms with van der Waals surface area (Å²) >= 11 is 0. The Labute approximate surface area is 133 Å². The van der Waals surface area contributed by atoms with Crippen LogP contribution in [0.15, 0.2) is 0 Å². The van der Waals surface area contributed by atoms with Gasteiger partial charge in [0.15, 0.2) is 0 Å². The van der Waals surface area contributed by atoms with Crippen molar-refractivity contribution in [2.24, 2.45) is 0 Å². The molecule has 2 unspecified atom stereocenters. The van der Waals surface area contributed by atoms with Crippen molar-refractivity contribution < 1.29 is 71.9 Å². The van der Waals surface area contributed by atoms with Crippen LogP contribution in [-0.2, 0) is 27.3 Å². The zero-order valence-corrected chi connectivity index (χ0v) is 14.0. The quantitative estimate of drug-likeness (QED) is 0.189. The van der Waals surface area contributed by atoms with Crippen LogP contribution in [0.5, 0.6) is 0 Å².